The van der Waals surface area contributed by atoms with Gasteiger partial charge >= 0.3 is 16.5 Å². The van der Waals surface area contributed by atoms with E-state index in [4.69, 9.17) is 0 Å². The number of nitrogens with zero attached hydrogens (tertiary/aromatic N) is 1. The smallest absolute Gasteiger partial charge is 0.873 e. The molecule has 117 valence electrons. The fraction of sp³-hybridized carbons (Fsp3) is 0. The van der Waals surface area contributed by atoms with Gasteiger partial charge in [-0.3, -0.25) is 0 Å². The van der Waals surface area contributed by atoms with Crippen molar-refractivity contribution in [2.24, 2.45) is 0 Å². The van der Waals surface area contributed by atoms with Crippen molar-refractivity contribution in [3.8, 4) is 5.75 Å². The fourth-order valence-electron chi connectivity index (χ4n) is 1.42. The second-order valence-electron chi connectivity index (χ2n) is 3.38. The Labute approximate surface area is 131 Å². The molecule has 0 unspecified atom stereocenters. The van der Waals surface area contributed by atoms with Crippen LogP contribution >= 0.6 is 0 Å². The molecular weight excluding hydrogens is 325 g/mol. The van der Waals surface area contributed by atoms with Gasteiger partial charge in [0.2, 0.25) is 0 Å². The maximum atomic E-state index is 11.4. The van der Waals surface area contributed by atoms with Gasteiger partial charge in [0, 0.05) is 0 Å². The molecule has 0 saturated carbocycles. The molecule has 0 aromatic heterocycles. The number of benzene rings is 2. The summed E-state index contributed by atoms with van der Waals surface area (Å²) < 4.78 is 0. The van der Waals surface area contributed by atoms with E-state index < -0.39 is 5.97 Å². The third-order valence-electron chi connectivity index (χ3n) is 2.23. The summed E-state index contributed by atoms with van der Waals surface area (Å²) >= 11 is 0. The fourth-order valence-corrected chi connectivity index (χ4v) is 1.42. The summed E-state index contributed by atoms with van der Waals surface area (Å²) in [5.41, 5.74) is 0.396. The van der Waals surface area contributed by atoms with Crippen molar-refractivity contribution < 1.29 is 47.9 Å². The predicted molar refractivity (Wildman–Crippen MR) is 70.2 cm³/mol. The molecular formula is C13H14NNiO6. The van der Waals surface area contributed by atoms with E-state index in [1.54, 1.807) is 24.3 Å². The minimum Gasteiger partial charge on any atom is -0.873 e. The topological polar surface area (TPSA) is 172 Å². The number of carboxylic acids is 1. The first kappa shape index (κ1) is 23.9. The number of aromatic carboxylic acids is 1. The molecule has 0 fully saturated rings. The number of rotatable bonds is 3. The van der Waals surface area contributed by atoms with Crippen LogP contribution in [0.4, 0.5) is 11.4 Å². The zero-order chi connectivity index (χ0) is 12.3. The van der Waals surface area contributed by atoms with Crippen LogP contribution in [0.5, 0.6) is 5.75 Å². The molecule has 7 nitrogen and oxygen atoms in total. The zero-order valence-corrected chi connectivity index (χ0v) is 11.6. The van der Waals surface area contributed by atoms with Crippen LogP contribution in [0.15, 0.2) is 48.5 Å². The number of carboxylic acid groups (broad SMARTS) is 1. The molecule has 8 heteroatoms. The van der Waals surface area contributed by atoms with Crippen molar-refractivity contribution in [2.45, 2.75) is 0 Å². The Balaban J connectivity index is -0.000000810. The Morgan fingerprint density at radius 3 is 1.86 bits per heavy atom. The third-order valence-corrected chi connectivity index (χ3v) is 2.23. The average molecular weight is 339 g/mol. The molecule has 1 radical (unpaired) electrons. The molecule has 6 N–H and O–H groups in total. The average Bonchev–Trinajstić information content (AvgIpc) is 2.32. The van der Waals surface area contributed by atoms with Gasteiger partial charge in [-0.25, -0.2) is 0 Å². The molecule has 2 rings (SSSR count). The Bertz CT molecular complexity index is 564. The van der Waals surface area contributed by atoms with Gasteiger partial charge in [0.1, 0.15) is 0 Å². The van der Waals surface area contributed by atoms with Crippen LogP contribution in [0, 0.1) is 0 Å². The van der Waals surface area contributed by atoms with Gasteiger partial charge in [-0.05, 0) is 5.56 Å². The standard InChI is InChI=1S/C13H10NO3.Ni.3H2O/c15-12-8-4-3-7-11(12)14-10-6-2-1-5-9(10)13(16)17;;;;/h1-8,15H,(H,16,17);;3*1H2/q-1;+3;;;/p-2. The van der Waals surface area contributed by atoms with E-state index >= 15 is 0 Å². The number of carbonyl (C=O) groups is 1. The van der Waals surface area contributed by atoms with Crippen LogP contribution in [0.25, 0.3) is 5.32 Å². The first-order valence-electron chi connectivity index (χ1n) is 4.96. The molecule has 0 aliphatic carbocycles. The maximum absolute atomic E-state index is 11.4. The van der Waals surface area contributed by atoms with Gasteiger partial charge in [-0.1, -0.05) is 48.5 Å². The van der Waals surface area contributed by atoms with Crippen LogP contribution in [0.3, 0.4) is 0 Å². The summed E-state index contributed by atoms with van der Waals surface area (Å²) in [6.45, 7) is 0. The summed E-state index contributed by atoms with van der Waals surface area (Å²) in [7, 11) is 0. The van der Waals surface area contributed by atoms with Crippen LogP contribution in [-0.2, 0) is 16.5 Å². The summed E-state index contributed by atoms with van der Waals surface area (Å²) in [5, 5.41) is 26.3. The first-order chi connectivity index (χ1) is 8.18. The number of para-hydroxylation sites is 3. The Kier molecular flexibility index (Phi) is 12.1. The summed E-state index contributed by atoms with van der Waals surface area (Å²) in [4.78, 5) is 10.8. The van der Waals surface area contributed by atoms with Crippen LogP contribution in [0.1, 0.15) is 10.4 Å². The Hall–Kier alpha value is -2.12. The van der Waals surface area contributed by atoms with Gasteiger partial charge in [0.15, 0.2) is 0 Å². The van der Waals surface area contributed by atoms with Crippen LogP contribution in [0.2, 0.25) is 0 Å². The van der Waals surface area contributed by atoms with Gasteiger partial charge in [-0.15, -0.1) is 17.1 Å². The van der Waals surface area contributed by atoms with Crippen LogP contribution < -0.4 is 10.2 Å². The van der Waals surface area contributed by atoms with E-state index in [2.05, 4.69) is 5.32 Å². The largest absolute Gasteiger partial charge is 3.00 e. The monoisotopic (exact) mass is 338 g/mol. The van der Waals surface area contributed by atoms with E-state index in [1.807, 2.05) is 0 Å². The SMILES string of the molecule is O.O.O.O=C([O-])c1ccccc1[N-]c1ccccc1[O-].[Ni+3]. The van der Waals surface area contributed by atoms with E-state index in [0.717, 1.165) is 0 Å². The molecule has 0 saturated heterocycles. The van der Waals surface area contributed by atoms with Crippen molar-refractivity contribution in [3.63, 3.8) is 0 Å². The zero-order valence-electron chi connectivity index (χ0n) is 10.6. The molecule has 0 amide bonds. The predicted octanol–water partition coefficient (Wildman–Crippen LogP) is -1.02. The van der Waals surface area contributed by atoms with Crippen LogP contribution in [-0.4, -0.2) is 22.4 Å². The van der Waals surface area contributed by atoms with Gasteiger partial charge in [-0.2, -0.15) is 0 Å². The van der Waals surface area contributed by atoms with Gasteiger partial charge in [0.25, 0.3) is 0 Å². The molecule has 0 spiro atoms. The van der Waals surface area contributed by atoms with Crippen molar-refractivity contribution in [2.75, 3.05) is 0 Å². The van der Waals surface area contributed by atoms with Gasteiger partial charge < -0.3 is 36.8 Å². The van der Waals surface area contributed by atoms with Crippen molar-refractivity contribution in [1.82, 2.24) is 0 Å². The van der Waals surface area contributed by atoms with E-state index in [0.29, 0.717) is 0 Å². The minimum atomic E-state index is -1.31. The number of hydrogen-bond acceptors (Lipinski definition) is 3. The quantitative estimate of drug-likeness (QED) is 0.653. The van der Waals surface area contributed by atoms with Crippen molar-refractivity contribution in [3.05, 3.63) is 59.4 Å². The summed E-state index contributed by atoms with van der Waals surface area (Å²) in [6, 6.07) is 12.3. The normalized spacial score (nSPS) is 8.00. The van der Waals surface area contributed by atoms with E-state index in [1.165, 1.54) is 24.3 Å². The Morgan fingerprint density at radius 2 is 1.33 bits per heavy atom. The van der Waals surface area contributed by atoms with Crippen molar-refractivity contribution in [1.29, 1.82) is 0 Å². The second kappa shape index (κ2) is 10.6. The molecule has 0 aliphatic rings. The molecule has 21 heavy (non-hydrogen) atoms. The summed E-state index contributed by atoms with van der Waals surface area (Å²) in [6.07, 6.45) is 0. The molecule has 0 heterocycles. The number of carbonyl (C=O) groups excluding carboxylic acids is 1. The molecule has 2 aromatic rings. The summed E-state index contributed by atoms with van der Waals surface area (Å²) in [5.74, 6) is -1.56. The number of hydrogen-bond donors (Lipinski definition) is 0. The molecule has 0 aliphatic heterocycles. The van der Waals surface area contributed by atoms with E-state index in [9.17, 15) is 15.0 Å². The Morgan fingerprint density at radius 1 is 0.857 bits per heavy atom. The second-order valence-corrected chi connectivity index (χ2v) is 3.38. The van der Waals surface area contributed by atoms with Gasteiger partial charge in [0.05, 0.1) is 5.97 Å². The third kappa shape index (κ3) is 5.80. The first-order valence-corrected chi connectivity index (χ1v) is 4.96. The molecule has 0 bridgehead atoms. The molecule has 2 aromatic carbocycles. The van der Waals surface area contributed by atoms with E-state index in [-0.39, 0.29) is 55.6 Å². The van der Waals surface area contributed by atoms with Crippen molar-refractivity contribution >= 4 is 17.3 Å². The maximum Gasteiger partial charge on any atom is 3.00 e. The molecule has 0 atom stereocenters. The minimum absolute atomic E-state index is 0.